The van der Waals surface area contributed by atoms with Crippen molar-refractivity contribution < 1.29 is 29.0 Å². The fourth-order valence-electron chi connectivity index (χ4n) is 3.42. The first-order valence-electron chi connectivity index (χ1n) is 11.3. The summed E-state index contributed by atoms with van der Waals surface area (Å²) in [5, 5.41) is 15.0. The molecule has 0 spiro atoms. The minimum Gasteiger partial charge on any atom is -0.497 e. The fourth-order valence-corrected chi connectivity index (χ4v) is 3.42. The number of methoxy groups -OCH3 is 1. The SMILES string of the molecule is C#CN(C(=O)C(CO)NC(=O)OC(C)(C)C)C(C(=O)Nc1ccc(OC)cc1)c1cccc(C)c1C. The molecule has 2 unspecified atom stereocenters. The number of nitrogens with zero attached hydrogens (tertiary/aromatic N) is 1. The van der Waals surface area contributed by atoms with E-state index in [1.54, 1.807) is 57.2 Å². The quantitative estimate of drug-likeness (QED) is 0.382. The van der Waals surface area contributed by atoms with Gasteiger partial charge in [-0.1, -0.05) is 24.6 Å². The number of aliphatic hydroxyl groups excluding tert-OH is 1. The Hall–Kier alpha value is -4.03. The summed E-state index contributed by atoms with van der Waals surface area (Å²) in [4.78, 5) is 40.1. The summed E-state index contributed by atoms with van der Waals surface area (Å²) in [7, 11) is 1.53. The third kappa shape index (κ3) is 7.23. The van der Waals surface area contributed by atoms with Crippen LogP contribution < -0.4 is 15.4 Å². The lowest BCUT2D eigenvalue weighted by Crippen LogP contribution is -2.52. The summed E-state index contributed by atoms with van der Waals surface area (Å²) < 4.78 is 10.3. The molecular weight excluding hydrogens is 462 g/mol. The number of nitrogens with one attached hydrogen (secondary N) is 2. The van der Waals surface area contributed by atoms with Crippen LogP contribution in [0.25, 0.3) is 0 Å². The average Bonchev–Trinajstić information content (AvgIpc) is 2.82. The van der Waals surface area contributed by atoms with Crippen LogP contribution in [0.15, 0.2) is 42.5 Å². The Morgan fingerprint density at radius 1 is 1.11 bits per heavy atom. The number of alkyl carbamates (subject to hydrolysis) is 1. The van der Waals surface area contributed by atoms with Crippen LogP contribution in [0, 0.1) is 26.3 Å². The number of ether oxygens (including phenoxy) is 2. The first-order valence-corrected chi connectivity index (χ1v) is 11.3. The van der Waals surface area contributed by atoms with Crippen molar-refractivity contribution in [2.75, 3.05) is 19.0 Å². The summed E-state index contributed by atoms with van der Waals surface area (Å²) in [5.41, 5.74) is 1.80. The Morgan fingerprint density at radius 3 is 2.28 bits per heavy atom. The van der Waals surface area contributed by atoms with Gasteiger partial charge in [0.1, 0.15) is 23.4 Å². The van der Waals surface area contributed by atoms with Crippen molar-refractivity contribution in [3.8, 4) is 18.2 Å². The minimum absolute atomic E-state index is 0.464. The summed E-state index contributed by atoms with van der Waals surface area (Å²) in [6, 6.07) is 11.6. The zero-order valence-corrected chi connectivity index (χ0v) is 21.4. The molecule has 0 radical (unpaired) electrons. The molecule has 3 N–H and O–H groups in total. The van der Waals surface area contributed by atoms with Gasteiger partial charge in [0.05, 0.1) is 13.7 Å². The first kappa shape index (κ1) is 28.2. The number of aliphatic hydroxyl groups is 1. The van der Waals surface area contributed by atoms with Crippen LogP contribution in [0.1, 0.15) is 43.5 Å². The van der Waals surface area contributed by atoms with Crippen LogP contribution in [-0.2, 0) is 14.3 Å². The topological polar surface area (TPSA) is 117 Å². The monoisotopic (exact) mass is 495 g/mol. The summed E-state index contributed by atoms with van der Waals surface area (Å²) in [6.07, 6.45) is 4.82. The zero-order chi connectivity index (χ0) is 27.0. The van der Waals surface area contributed by atoms with Crippen molar-refractivity contribution in [2.24, 2.45) is 0 Å². The molecule has 0 bridgehead atoms. The molecule has 2 aromatic carbocycles. The van der Waals surface area contributed by atoms with Crippen molar-refractivity contribution in [1.82, 2.24) is 10.2 Å². The van der Waals surface area contributed by atoms with Gasteiger partial charge in [0.2, 0.25) is 0 Å². The zero-order valence-electron chi connectivity index (χ0n) is 21.4. The molecule has 2 aromatic rings. The van der Waals surface area contributed by atoms with E-state index in [0.717, 1.165) is 16.0 Å². The number of carbonyl (C=O) groups is 3. The van der Waals surface area contributed by atoms with Crippen molar-refractivity contribution >= 4 is 23.6 Å². The third-order valence-corrected chi connectivity index (χ3v) is 5.35. The molecule has 2 rings (SSSR count). The van der Waals surface area contributed by atoms with Gasteiger partial charge >= 0.3 is 6.09 Å². The van der Waals surface area contributed by atoms with E-state index in [-0.39, 0.29) is 0 Å². The Labute approximate surface area is 211 Å². The highest BCUT2D eigenvalue weighted by Gasteiger charge is 2.36. The van der Waals surface area contributed by atoms with Crippen LogP contribution in [0.3, 0.4) is 0 Å². The van der Waals surface area contributed by atoms with E-state index >= 15 is 0 Å². The number of carbonyl (C=O) groups excluding carboxylic acids is 3. The highest BCUT2D eigenvalue weighted by molar-refractivity contribution is 5.99. The van der Waals surface area contributed by atoms with Crippen LogP contribution >= 0.6 is 0 Å². The lowest BCUT2D eigenvalue weighted by atomic mass is 9.95. The number of rotatable bonds is 8. The first-order chi connectivity index (χ1) is 16.9. The van der Waals surface area contributed by atoms with E-state index in [2.05, 4.69) is 16.7 Å². The number of hydrogen-bond acceptors (Lipinski definition) is 6. The average molecular weight is 496 g/mol. The third-order valence-electron chi connectivity index (χ3n) is 5.35. The molecule has 0 saturated carbocycles. The Balaban J connectivity index is 2.45. The van der Waals surface area contributed by atoms with Crippen molar-refractivity contribution in [2.45, 2.75) is 52.3 Å². The highest BCUT2D eigenvalue weighted by atomic mass is 16.6. The fraction of sp³-hybridized carbons (Fsp3) is 0.370. The smallest absolute Gasteiger partial charge is 0.408 e. The Kier molecular flexibility index (Phi) is 9.47. The molecule has 0 heterocycles. The van der Waals surface area contributed by atoms with Gasteiger partial charge in [-0.15, -0.1) is 0 Å². The number of amides is 3. The molecule has 2 atom stereocenters. The van der Waals surface area contributed by atoms with Gasteiger partial charge in [-0.25, -0.2) is 4.79 Å². The van der Waals surface area contributed by atoms with Crippen LogP contribution in [-0.4, -0.2) is 53.3 Å². The normalized spacial score (nSPS) is 12.5. The molecule has 0 aliphatic carbocycles. The largest absolute Gasteiger partial charge is 0.497 e. The van der Waals surface area contributed by atoms with Crippen LogP contribution in [0.2, 0.25) is 0 Å². The summed E-state index contributed by atoms with van der Waals surface area (Å²) in [6.45, 7) is 7.93. The summed E-state index contributed by atoms with van der Waals surface area (Å²) >= 11 is 0. The molecule has 0 aromatic heterocycles. The highest BCUT2D eigenvalue weighted by Crippen LogP contribution is 2.28. The lowest BCUT2D eigenvalue weighted by molar-refractivity contribution is -0.137. The lowest BCUT2D eigenvalue weighted by Gasteiger charge is -2.30. The maximum Gasteiger partial charge on any atom is 0.408 e. The van der Waals surface area contributed by atoms with Gasteiger partial charge in [0, 0.05) is 11.7 Å². The second-order valence-corrected chi connectivity index (χ2v) is 9.13. The van der Waals surface area contributed by atoms with Crippen LogP contribution in [0.4, 0.5) is 10.5 Å². The van der Waals surface area contributed by atoms with E-state index in [9.17, 15) is 19.5 Å². The van der Waals surface area contributed by atoms with Gasteiger partial charge in [-0.3, -0.25) is 14.5 Å². The molecular formula is C27H33N3O6. The van der Waals surface area contributed by atoms with E-state index in [0.29, 0.717) is 17.0 Å². The number of anilines is 1. The molecule has 0 aliphatic heterocycles. The standard InChI is InChI=1S/C27H33N3O6/c1-8-30(25(33)22(16-31)29-26(34)36-27(4,5)6)23(21-11-9-10-17(2)18(21)3)24(32)28-19-12-14-20(35-7)15-13-19/h1,9-15,22-23,31H,16H2,2-7H3,(H,28,32)(H,29,34). The molecule has 9 nitrogen and oxygen atoms in total. The van der Waals surface area contributed by atoms with E-state index in [4.69, 9.17) is 15.9 Å². The van der Waals surface area contributed by atoms with Crippen molar-refractivity contribution in [3.05, 3.63) is 59.2 Å². The van der Waals surface area contributed by atoms with Gasteiger partial charge in [0.15, 0.2) is 0 Å². The molecule has 192 valence electrons. The molecule has 0 fully saturated rings. The van der Waals surface area contributed by atoms with E-state index in [1.165, 1.54) is 7.11 Å². The summed E-state index contributed by atoms with van der Waals surface area (Å²) in [5.74, 6) is -0.811. The van der Waals surface area contributed by atoms with Crippen molar-refractivity contribution in [1.29, 1.82) is 0 Å². The molecule has 9 heteroatoms. The second kappa shape index (κ2) is 12.1. The van der Waals surface area contributed by atoms with Gasteiger partial charge in [-0.05, 0) is 75.6 Å². The Bertz CT molecular complexity index is 1130. The number of terminal acetylenes is 1. The predicted molar refractivity (Wildman–Crippen MR) is 136 cm³/mol. The number of benzene rings is 2. The minimum atomic E-state index is -1.43. The molecule has 0 aliphatic rings. The number of aryl methyl sites for hydroxylation is 1. The van der Waals surface area contributed by atoms with Gasteiger partial charge in [0.25, 0.3) is 11.8 Å². The van der Waals surface area contributed by atoms with Crippen molar-refractivity contribution in [3.63, 3.8) is 0 Å². The molecule has 0 saturated heterocycles. The maximum absolute atomic E-state index is 13.6. The predicted octanol–water partition coefficient (Wildman–Crippen LogP) is 3.30. The second-order valence-electron chi connectivity index (χ2n) is 9.13. The van der Waals surface area contributed by atoms with E-state index < -0.39 is 42.2 Å². The number of hydrogen-bond donors (Lipinski definition) is 3. The maximum atomic E-state index is 13.6. The Morgan fingerprint density at radius 2 is 1.75 bits per heavy atom. The van der Waals surface area contributed by atoms with Gasteiger partial charge < -0.3 is 25.2 Å². The van der Waals surface area contributed by atoms with Gasteiger partial charge in [-0.2, -0.15) is 0 Å². The van der Waals surface area contributed by atoms with E-state index in [1.807, 2.05) is 19.9 Å². The molecule has 3 amide bonds. The molecule has 36 heavy (non-hydrogen) atoms. The van der Waals surface area contributed by atoms with Crippen LogP contribution in [0.5, 0.6) is 5.75 Å².